The van der Waals surface area contributed by atoms with Crippen LogP contribution >= 0.6 is 0 Å². The van der Waals surface area contributed by atoms with E-state index < -0.39 is 37.0 Å². The molecule has 15 heavy (non-hydrogen) atoms. The fraction of sp³-hybridized carbons (Fsp3) is 0.500. The molecule has 9 heteroatoms. The first kappa shape index (κ1) is 21.9. The zero-order valence-electron chi connectivity index (χ0n) is 8.39. The first-order valence-corrected chi connectivity index (χ1v) is 3.17. The molecule has 7 nitrogen and oxygen atoms in total. The van der Waals surface area contributed by atoms with E-state index in [1.54, 1.807) is 0 Å². The van der Waals surface area contributed by atoms with E-state index in [0.717, 1.165) is 0 Å². The molecule has 0 aromatic rings. The van der Waals surface area contributed by atoms with Gasteiger partial charge in [-0.2, -0.15) is 0 Å². The van der Waals surface area contributed by atoms with E-state index >= 15 is 0 Å². The molecular weight excluding hydrogens is 262 g/mol. The van der Waals surface area contributed by atoms with Crippen molar-refractivity contribution >= 4 is 17.9 Å². The summed E-state index contributed by atoms with van der Waals surface area (Å²) >= 11 is 0. The second-order valence-corrected chi connectivity index (χ2v) is 2.09. The van der Waals surface area contributed by atoms with Crippen LogP contribution in [0.3, 0.4) is 0 Å². The third-order valence-electron chi connectivity index (χ3n) is 1.02. The predicted molar refractivity (Wildman–Crippen MR) is 32.0 cm³/mol. The van der Waals surface area contributed by atoms with Crippen molar-refractivity contribution < 1.29 is 137 Å². The SMILES string of the molecule is O=C([O-])CC(OCC(=O)O)C(=O)[O-].[K+].[K+]. The minimum Gasteiger partial charge on any atom is -0.550 e. The van der Waals surface area contributed by atoms with Crippen LogP contribution in [0.2, 0.25) is 0 Å². The van der Waals surface area contributed by atoms with Gasteiger partial charge in [0.2, 0.25) is 0 Å². The molecule has 0 aliphatic heterocycles. The number of carboxylic acids is 3. The summed E-state index contributed by atoms with van der Waals surface area (Å²) in [5, 5.41) is 28.1. The van der Waals surface area contributed by atoms with E-state index in [-0.39, 0.29) is 103 Å². The smallest absolute Gasteiger partial charge is 0.550 e. The first-order valence-electron chi connectivity index (χ1n) is 3.17. The van der Waals surface area contributed by atoms with Crippen LogP contribution in [0.5, 0.6) is 0 Å². The number of carbonyl (C=O) groups excluding carboxylic acids is 2. The largest absolute Gasteiger partial charge is 1.00 e. The Hall–Kier alpha value is 1.64. The molecule has 0 saturated heterocycles. The predicted octanol–water partition coefficient (Wildman–Crippen LogP) is -9.65. The molecule has 0 aromatic carbocycles. The van der Waals surface area contributed by atoms with Crippen LogP contribution in [0.4, 0.5) is 0 Å². The average Bonchev–Trinajstić information content (AvgIpc) is 1.96. The summed E-state index contributed by atoms with van der Waals surface area (Å²) < 4.78 is 4.19. The van der Waals surface area contributed by atoms with Crippen molar-refractivity contribution in [2.45, 2.75) is 12.5 Å². The number of carbonyl (C=O) groups is 3. The fourth-order valence-corrected chi connectivity index (χ4v) is 0.534. The number of hydrogen-bond donors (Lipinski definition) is 1. The minimum atomic E-state index is -1.79. The monoisotopic (exact) mass is 268 g/mol. The number of hydrogen-bond acceptors (Lipinski definition) is 6. The summed E-state index contributed by atoms with van der Waals surface area (Å²) in [5.74, 6) is -4.84. The van der Waals surface area contributed by atoms with Gasteiger partial charge in [0.15, 0.2) is 0 Å². The number of ether oxygens (including phenoxy) is 1. The normalized spacial score (nSPS) is 10.4. The van der Waals surface area contributed by atoms with Gasteiger partial charge in [-0.3, -0.25) is 0 Å². The molecule has 0 aromatic heterocycles. The average molecular weight is 268 g/mol. The van der Waals surface area contributed by atoms with Crippen LogP contribution in [0.1, 0.15) is 6.42 Å². The first-order chi connectivity index (χ1) is 5.93. The third kappa shape index (κ3) is 13.6. The van der Waals surface area contributed by atoms with Crippen LogP contribution in [0, 0.1) is 0 Å². The molecule has 0 heterocycles. The van der Waals surface area contributed by atoms with E-state index in [1.165, 1.54) is 0 Å². The molecule has 0 spiro atoms. The Balaban J connectivity index is -0.000000720. The van der Waals surface area contributed by atoms with E-state index in [4.69, 9.17) is 5.11 Å². The molecule has 1 atom stereocenters. The topological polar surface area (TPSA) is 127 Å². The molecule has 0 saturated carbocycles. The molecule has 1 N–H and O–H groups in total. The maximum Gasteiger partial charge on any atom is 1.00 e. The van der Waals surface area contributed by atoms with Crippen molar-refractivity contribution in [2.24, 2.45) is 0 Å². The molecule has 0 fully saturated rings. The van der Waals surface area contributed by atoms with Gasteiger partial charge < -0.3 is 29.6 Å². The number of carboxylic acid groups (broad SMARTS) is 3. The van der Waals surface area contributed by atoms with Crippen molar-refractivity contribution in [3.63, 3.8) is 0 Å². The molecule has 0 aliphatic rings. The van der Waals surface area contributed by atoms with Gasteiger partial charge >= 0.3 is 109 Å². The Morgan fingerprint density at radius 3 is 1.93 bits per heavy atom. The van der Waals surface area contributed by atoms with Crippen LogP contribution < -0.4 is 113 Å². The summed E-state index contributed by atoms with van der Waals surface area (Å²) in [4.78, 5) is 30.0. The van der Waals surface area contributed by atoms with E-state index in [1.807, 2.05) is 0 Å². The van der Waals surface area contributed by atoms with Crippen LogP contribution in [0.15, 0.2) is 0 Å². The van der Waals surface area contributed by atoms with Gasteiger partial charge in [0, 0.05) is 12.4 Å². The van der Waals surface area contributed by atoms with Crippen molar-refractivity contribution in [1.29, 1.82) is 0 Å². The second-order valence-electron chi connectivity index (χ2n) is 2.09. The Labute approximate surface area is 170 Å². The Morgan fingerprint density at radius 1 is 1.20 bits per heavy atom. The van der Waals surface area contributed by atoms with Crippen molar-refractivity contribution in [1.82, 2.24) is 0 Å². The number of rotatable bonds is 6. The van der Waals surface area contributed by atoms with E-state index in [0.29, 0.717) is 0 Å². The Bertz CT molecular complexity index is 230. The third-order valence-corrected chi connectivity index (χ3v) is 1.02. The summed E-state index contributed by atoms with van der Waals surface area (Å²) in [6.07, 6.45) is -2.73. The zero-order chi connectivity index (χ0) is 10.4. The standard InChI is InChI=1S/C6H8O7.2K/c7-4(8)1-3(6(11)12)13-2-5(9)10;;/h3H,1-2H2,(H,7,8)(H,9,10)(H,11,12);;/q;2*+1/p-2. The van der Waals surface area contributed by atoms with Gasteiger partial charge in [-0.25, -0.2) is 4.79 Å². The number of aliphatic carboxylic acids is 3. The van der Waals surface area contributed by atoms with E-state index in [9.17, 15) is 24.6 Å². The Morgan fingerprint density at radius 2 is 1.67 bits per heavy atom. The van der Waals surface area contributed by atoms with Gasteiger partial charge in [0.1, 0.15) is 12.7 Å². The van der Waals surface area contributed by atoms with Crippen LogP contribution in [-0.4, -0.2) is 35.7 Å². The Kier molecular flexibility index (Phi) is 17.7. The minimum absolute atomic E-state index is 0. The molecular formula is C6H6K2O7. The molecule has 0 aliphatic carbocycles. The quantitative estimate of drug-likeness (QED) is 0.474. The summed E-state index contributed by atoms with van der Waals surface area (Å²) in [6, 6.07) is 0. The van der Waals surface area contributed by atoms with Crippen LogP contribution in [-0.2, 0) is 19.1 Å². The van der Waals surface area contributed by atoms with E-state index in [2.05, 4.69) is 4.74 Å². The molecule has 0 amide bonds. The summed E-state index contributed by atoms with van der Waals surface area (Å²) in [7, 11) is 0. The van der Waals surface area contributed by atoms with Gasteiger partial charge in [0.25, 0.3) is 0 Å². The van der Waals surface area contributed by atoms with Crippen molar-refractivity contribution in [3.05, 3.63) is 0 Å². The van der Waals surface area contributed by atoms with Crippen molar-refractivity contribution in [3.8, 4) is 0 Å². The van der Waals surface area contributed by atoms with Gasteiger partial charge in [-0.15, -0.1) is 0 Å². The van der Waals surface area contributed by atoms with Crippen LogP contribution in [0.25, 0.3) is 0 Å². The molecule has 0 radical (unpaired) electrons. The zero-order valence-corrected chi connectivity index (χ0v) is 14.6. The molecule has 74 valence electrons. The van der Waals surface area contributed by atoms with Gasteiger partial charge in [0.05, 0.1) is 5.97 Å². The molecule has 1 unspecified atom stereocenters. The van der Waals surface area contributed by atoms with Gasteiger partial charge in [-0.1, -0.05) is 0 Å². The maximum absolute atomic E-state index is 10.1. The molecule has 0 bridgehead atoms. The molecule has 0 rings (SSSR count). The fourth-order valence-electron chi connectivity index (χ4n) is 0.534. The summed E-state index contributed by atoms with van der Waals surface area (Å²) in [5.41, 5.74) is 0. The maximum atomic E-state index is 10.1. The van der Waals surface area contributed by atoms with Gasteiger partial charge in [-0.05, 0) is 0 Å². The summed E-state index contributed by atoms with van der Waals surface area (Å²) in [6.45, 7) is -0.897. The second kappa shape index (κ2) is 12.1. The van der Waals surface area contributed by atoms with Crippen molar-refractivity contribution in [2.75, 3.05) is 6.61 Å².